The Morgan fingerprint density at radius 1 is 0.971 bits per heavy atom. The van der Waals surface area contributed by atoms with Gasteiger partial charge in [-0.2, -0.15) is 4.31 Å². The number of piperazine rings is 1. The largest absolute Gasteiger partial charge is 0.486 e. The fraction of sp³-hybridized carbons (Fsp3) is 0.435. The molecule has 1 saturated carbocycles. The molecule has 3 aliphatic rings. The van der Waals surface area contributed by atoms with Crippen LogP contribution in [-0.4, -0.2) is 63.0 Å². The highest BCUT2D eigenvalue weighted by Gasteiger charge is 2.37. The molecule has 1 aliphatic carbocycles. The Morgan fingerprint density at radius 3 is 2.38 bits per heavy atom. The Labute approximate surface area is 196 Å². The van der Waals surface area contributed by atoms with Gasteiger partial charge in [0.2, 0.25) is 10.0 Å². The van der Waals surface area contributed by atoms with E-state index < -0.39 is 26.6 Å². The number of carbonyl (C=O) groups is 1. The van der Waals surface area contributed by atoms with Crippen LogP contribution in [0.4, 0.5) is 13.6 Å². The predicted molar refractivity (Wildman–Crippen MR) is 118 cm³/mol. The number of halogens is 2. The van der Waals surface area contributed by atoms with Gasteiger partial charge in [-0.05, 0) is 54.7 Å². The molecule has 34 heavy (non-hydrogen) atoms. The topological polar surface area (TPSA) is 88.2 Å². The van der Waals surface area contributed by atoms with E-state index in [1.54, 1.807) is 4.90 Å². The zero-order chi connectivity index (χ0) is 23.9. The summed E-state index contributed by atoms with van der Waals surface area (Å²) in [5, 5.41) is 3.09. The van der Waals surface area contributed by atoms with Crippen molar-refractivity contribution in [2.45, 2.75) is 23.8 Å². The average molecular weight is 494 g/mol. The van der Waals surface area contributed by atoms with E-state index >= 15 is 0 Å². The van der Waals surface area contributed by atoms with E-state index in [0.29, 0.717) is 36.7 Å². The molecule has 5 rings (SSSR count). The van der Waals surface area contributed by atoms with Gasteiger partial charge in [-0.3, -0.25) is 0 Å². The summed E-state index contributed by atoms with van der Waals surface area (Å²) in [5.41, 5.74) is 0.933. The van der Waals surface area contributed by atoms with Crippen molar-refractivity contribution in [2.24, 2.45) is 5.92 Å². The maximum Gasteiger partial charge on any atom is 0.317 e. The van der Waals surface area contributed by atoms with E-state index in [0.717, 1.165) is 34.8 Å². The number of rotatable bonds is 5. The molecule has 2 aromatic rings. The summed E-state index contributed by atoms with van der Waals surface area (Å²) in [6.45, 7) is 1.24. The molecule has 2 heterocycles. The number of hydrogen-bond donors (Lipinski definition) is 1. The summed E-state index contributed by atoms with van der Waals surface area (Å²) in [7, 11) is -4.21. The molecular weight excluding hydrogens is 468 g/mol. The number of nitrogens with zero attached hydrogens (tertiary/aromatic N) is 2. The second kappa shape index (κ2) is 9.03. The van der Waals surface area contributed by atoms with Crippen molar-refractivity contribution >= 4 is 16.1 Å². The predicted octanol–water partition coefficient (Wildman–Crippen LogP) is 2.90. The molecular formula is C23H25F2N3O5S. The van der Waals surface area contributed by atoms with Gasteiger partial charge in [0.25, 0.3) is 0 Å². The van der Waals surface area contributed by atoms with Crippen LogP contribution < -0.4 is 14.8 Å². The second-order valence-corrected chi connectivity index (χ2v) is 10.5. The third kappa shape index (κ3) is 4.54. The Kier molecular flexibility index (Phi) is 6.07. The molecule has 2 fully saturated rings. The molecule has 1 N–H and O–H groups in total. The fourth-order valence-electron chi connectivity index (χ4n) is 4.33. The number of urea groups is 1. The number of carbonyl (C=O) groups excluding carboxylic acids is 1. The lowest BCUT2D eigenvalue weighted by Crippen LogP contribution is -2.53. The zero-order valence-electron chi connectivity index (χ0n) is 18.4. The standard InChI is InChI=1S/C23H25F2N3O5S/c24-17-4-5-18(25)21(14-17)34(30,31)28-9-7-27(8-10-28)23(29)26-22(15-1-2-15)16-3-6-19-20(13-16)33-12-11-32-19/h3-6,13-15,22H,1-2,7-12H2,(H,26,29). The van der Waals surface area contributed by atoms with E-state index in [-0.39, 0.29) is 38.3 Å². The summed E-state index contributed by atoms with van der Waals surface area (Å²) in [6.07, 6.45) is 2.01. The fourth-order valence-corrected chi connectivity index (χ4v) is 5.82. The van der Waals surface area contributed by atoms with Crippen molar-refractivity contribution in [3.63, 3.8) is 0 Å². The van der Waals surface area contributed by atoms with E-state index in [2.05, 4.69) is 5.32 Å². The van der Waals surface area contributed by atoms with Crippen LogP contribution in [0.25, 0.3) is 0 Å². The van der Waals surface area contributed by atoms with Gasteiger partial charge < -0.3 is 19.7 Å². The Hall–Kier alpha value is -2.92. The first-order chi connectivity index (χ1) is 16.3. The monoisotopic (exact) mass is 493 g/mol. The summed E-state index contributed by atoms with van der Waals surface area (Å²) in [4.78, 5) is 13.9. The SMILES string of the molecule is O=C(NC(c1ccc2c(c1)OCCO2)C1CC1)N1CCN(S(=O)(=O)c2cc(F)ccc2F)CC1. The lowest BCUT2D eigenvalue weighted by atomic mass is 10.0. The molecule has 182 valence electrons. The van der Waals surface area contributed by atoms with Gasteiger partial charge in [0.15, 0.2) is 11.5 Å². The van der Waals surface area contributed by atoms with Crippen LogP contribution in [0, 0.1) is 17.6 Å². The Bertz CT molecular complexity index is 1200. The molecule has 8 nitrogen and oxygen atoms in total. The Morgan fingerprint density at radius 2 is 1.68 bits per heavy atom. The molecule has 2 aliphatic heterocycles. The number of fused-ring (bicyclic) bond motifs is 1. The number of sulfonamides is 1. The van der Waals surface area contributed by atoms with Crippen molar-refractivity contribution in [3.8, 4) is 11.5 Å². The van der Waals surface area contributed by atoms with Crippen LogP contribution in [0.15, 0.2) is 41.3 Å². The molecule has 0 aromatic heterocycles. The first kappa shape index (κ1) is 22.9. The highest BCUT2D eigenvalue weighted by atomic mass is 32.2. The van der Waals surface area contributed by atoms with E-state index in [1.807, 2.05) is 18.2 Å². The summed E-state index contributed by atoms with van der Waals surface area (Å²) in [5.74, 6) is -0.171. The Balaban J connectivity index is 1.24. The molecule has 1 unspecified atom stereocenters. The van der Waals surface area contributed by atoms with Gasteiger partial charge in [-0.1, -0.05) is 6.07 Å². The minimum Gasteiger partial charge on any atom is -0.486 e. The number of hydrogen-bond acceptors (Lipinski definition) is 5. The van der Waals surface area contributed by atoms with Crippen LogP contribution in [-0.2, 0) is 10.0 Å². The first-order valence-electron chi connectivity index (χ1n) is 11.2. The van der Waals surface area contributed by atoms with Gasteiger partial charge in [0, 0.05) is 26.2 Å². The minimum absolute atomic E-state index is 0.0101. The number of benzene rings is 2. The molecule has 0 radical (unpaired) electrons. The lowest BCUT2D eigenvalue weighted by Gasteiger charge is -2.35. The van der Waals surface area contributed by atoms with Gasteiger partial charge >= 0.3 is 6.03 Å². The van der Waals surface area contributed by atoms with Crippen LogP contribution in [0.2, 0.25) is 0 Å². The van der Waals surface area contributed by atoms with E-state index in [4.69, 9.17) is 9.47 Å². The molecule has 0 bridgehead atoms. The van der Waals surface area contributed by atoms with E-state index in [9.17, 15) is 22.0 Å². The normalized spacial score (nSPS) is 19.5. The average Bonchev–Trinajstić information content (AvgIpc) is 3.69. The van der Waals surface area contributed by atoms with Crippen molar-refractivity contribution in [3.05, 3.63) is 53.6 Å². The highest BCUT2D eigenvalue weighted by molar-refractivity contribution is 7.89. The second-order valence-electron chi connectivity index (χ2n) is 8.63. The van der Waals surface area contributed by atoms with Crippen molar-refractivity contribution in [1.29, 1.82) is 0 Å². The molecule has 1 atom stereocenters. The number of ether oxygens (including phenoxy) is 2. The van der Waals surface area contributed by atoms with Crippen molar-refractivity contribution in [1.82, 2.24) is 14.5 Å². The van der Waals surface area contributed by atoms with Crippen LogP contribution in [0.3, 0.4) is 0 Å². The first-order valence-corrected chi connectivity index (χ1v) is 12.7. The van der Waals surface area contributed by atoms with Gasteiger partial charge in [0.1, 0.15) is 29.7 Å². The summed E-state index contributed by atoms with van der Waals surface area (Å²) in [6, 6.07) is 7.53. The maximum atomic E-state index is 14.1. The summed E-state index contributed by atoms with van der Waals surface area (Å²) >= 11 is 0. The molecule has 2 amide bonds. The maximum absolute atomic E-state index is 14.1. The lowest BCUT2D eigenvalue weighted by molar-refractivity contribution is 0.166. The van der Waals surface area contributed by atoms with Gasteiger partial charge in [-0.25, -0.2) is 22.0 Å². The number of amides is 2. The molecule has 2 aromatic carbocycles. The van der Waals surface area contributed by atoms with E-state index in [1.165, 1.54) is 0 Å². The zero-order valence-corrected chi connectivity index (χ0v) is 19.2. The molecule has 11 heteroatoms. The van der Waals surface area contributed by atoms with Crippen LogP contribution in [0.5, 0.6) is 11.5 Å². The smallest absolute Gasteiger partial charge is 0.317 e. The van der Waals surface area contributed by atoms with Crippen LogP contribution in [0.1, 0.15) is 24.4 Å². The number of nitrogens with one attached hydrogen (secondary N) is 1. The third-order valence-electron chi connectivity index (χ3n) is 6.33. The highest BCUT2D eigenvalue weighted by Crippen LogP contribution is 2.43. The van der Waals surface area contributed by atoms with Crippen molar-refractivity contribution in [2.75, 3.05) is 39.4 Å². The molecule has 1 saturated heterocycles. The molecule has 0 spiro atoms. The quantitative estimate of drug-likeness (QED) is 0.692. The van der Waals surface area contributed by atoms with Crippen molar-refractivity contribution < 1.29 is 31.5 Å². The minimum atomic E-state index is -4.21. The van der Waals surface area contributed by atoms with Gasteiger partial charge in [-0.15, -0.1) is 0 Å². The third-order valence-corrected chi connectivity index (χ3v) is 8.25. The summed E-state index contributed by atoms with van der Waals surface area (Å²) < 4.78 is 65.5. The van der Waals surface area contributed by atoms with Crippen LogP contribution >= 0.6 is 0 Å². The van der Waals surface area contributed by atoms with Gasteiger partial charge in [0.05, 0.1) is 6.04 Å².